The van der Waals surface area contributed by atoms with Gasteiger partial charge in [-0.1, -0.05) is 6.07 Å². The van der Waals surface area contributed by atoms with Crippen molar-refractivity contribution in [2.75, 3.05) is 19.5 Å². The summed E-state index contributed by atoms with van der Waals surface area (Å²) in [7, 11) is 3.15. The summed E-state index contributed by atoms with van der Waals surface area (Å²) in [6.45, 7) is 0. The third-order valence-electron chi connectivity index (χ3n) is 4.37. The Morgan fingerprint density at radius 3 is 2.70 bits per heavy atom. The van der Waals surface area contributed by atoms with E-state index in [1.807, 2.05) is 36.4 Å². The summed E-state index contributed by atoms with van der Waals surface area (Å²) >= 11 is 0. The van der Waals surface area contributed by atoms with E-state index in [9.17, 15) is 5.26 Å². The van der Waals surface area contributed by atoms with Gasteiger partial charge in [0, 0.05) is 28.9 Å². The lowest BCUT2D eigenvalue weighted by molar-refractivity contribution is 0.358. The fourth-order valence-corrected chi connectivity index (χ4v) is 3.10. The van der Waals surface area contributed by atoms with Crippen molar-refractivity contribution in [2.24, 2.45) is 0 Å². The van der Waals surface area contributed by atoms with Gasteiger partial charge >= 0.3 is 0 Å². The molecular weight excluding hydrogens is 340 g/mol. The van der Waals surface area contributed by atoms with E-state index in [1.54, 1.807) is 26.5 Å². The molecule has 4 aromatic rings. The molecule has 6 heteroatoms. The fraction of sp³-hybridized carbons (Fsp3) is 0.0952. The standard InChI is InChI=1S/C21H16N4O2/c1-26-18-8-6-16-19(14(11-22)12-24-20(16)21(18)27-2)25-15-5-7-17-13(10-15)4-3-9-23-17/h3-10,12H,1-2H3,(H,24,25). The minimum absolute atomic E-state index is 0.445. The third kappa shape index (κ3) is 2.85. The van der Waals surface area contributed by atoms with Crippen LogP contribution in [0.3, 0.4) is 0 Å². The number of aromatic nitrogens is 2. The lowest BCUT2D eigenvalue weighted by Crippen LogP contribution is -1.99. The average molecular weight is 356 g/mol. The maximum atomic E-state index is 9.56. The molecular formula is C21H16N4O2. The van der Waals surface area contributed by atoms with Crippen molar-refractivity contribution >= 4 is 33.2 Å². The summed E-state index contributed by atoms with van der Waals surface area (Å²) in [5.74, 6) is 1.12. The molecule has 2 aromatic heterocycles. The number of hydrogen-bond donors (Lipinski definition) is 1. The molecule has 0 bridgehead atoms. The van der Waals surface area contributed by atoms with Crippen molar-refractivity contribution in [3.63, 3.8) is 0 Å². The minimum Gasteiger partial charge on any atom is -0.493 e. The molecule has 0 saturated carbocycles. The quantitative estimate of drug-likeness (QED) is 0.583. The van der Waals surface area contributed by atoms with Crippen LogP contribution in [-0.4, -0.2) is 24.2 Å². The number of fused-ring (bicyclic) bond motifs is 2. The highest BCUT2D eigenvalue weighted by Crippen LogP contribution is 2.39. The first kappa shape index (κ1) is 16.6. The van der Waals surface area contributed by atoms with Crippen LogP contribution in [0.4, 0.5) is 11.4 Å². The first-order valence-electron chi connectivity index (χ1n) is 8.30. The molecule has 2 heterocycles. The summed E-state index contributed by atoms with van der Waals surface area (Å²) in [5.41, 5.74) is 3.51. The molecule has 0 radical (unpaired) electrons. The van der Waals surface area contributed by atoms with E-state index in [1.165, 1.54) is 6.20 Å². The number of anilines is 2. The average Bonchev–Trinajstić information content (AvgIpc) is 2.72. The van der Waals surface area contributed by atoms with Gasteiger partial charge in [0.05, 0.1) is 31.0 Å². The molecule has 0 aliphatic heterocycles. The van der Waals surface area contributed by atoms with Crippen LogP contribution in [-0.2, 0) is 0 Å². The van der Waals surface area contributed by atoms with Crippen LogP contribution in [0.1, 0.15) is 5.56 Å². The highest BCUT2D eigenvalue weighted by Gasteiger charge is 2.16. The van der Waals surface area contributed by atoms with E-state index < -0.39 is 0 Å². The second kappa shape index (κ2) is 6.81. The Bertz CT molecular complexity index is 1200. The molecule has 1 N–H and O–H groups in total. The molecule has 2 aromatic carbocycles. The summed E-state index contributed by atoms with van der Waals surface area (Å²) < 4.78 is 10.8. The Kier molecular flexibility index (Phi) is 4.19. The maximum Gasteiger partial charge on any atom is 0.187 e. The number of nitriles is 1. The normalized spacial score (nSPS) is 10.6. The molecule has 6 nitrogen and oxygen atoms in total. The molecule has 0 fully saturated rings. The smallest absolute Gasteiger partial charge is 0.187 e. The topological polar surface area (TPSA) is 80.1 Å². The largest absolute Gasteiger partial charge is 0.493 e. The highest BCUT2D eigenvalue weighted by molar-refractivity contribution is 6.00. The van der Waals surface area contributed by atoms with Crippen molar-refractivity contribution in [3.05, 3.63) is 60.4 Å². The zero-order valence-corrected chi connectivity index (χ0v) is 14.9. The van der Waals surface area contributed by atoms with E-state index in [4.69, 9.17) is 9.47 Å². The van der Waals surface area contributed by atoms with Crippen LogP contribution >= 0.6 is 0 Å². The van der Waals surface area contributed by atoms with Gasteiger partial charge in [0.25, 0.3) is 0 Å². The predicted molar refractivity (Wildman–Crippen MR) is 105 cm³/mol. The molecule has 0 amide bonds. The van der Waals surface area contributed by atoms with Gasteiger partial charge in [-0.25, -0.2) is 0 Å². The van der Waals surface area contributed by atoms with Crippen LogP contribution in [0, 0.1) is 11.3 Å². The molecule has 4 rings (SSSR count). The van der Waals surface area contributed by atoms with Gasteiger partial charge in [0.15, 0.2) is 11.5 Å². The van der Waals surface area contributed by atoms with Crippen LogP contribution in [0.25, 0.3) is 21.8 Å². The van der Waals surface area contributed by atoms with Crippen LogP contribution in [0.15, 0.2) is 54.9 Å². The molecule has 27 heavy (non-hydrogen) atoms. The lowest BCUT2D eigenvalue weighted by atomic mass is 10.1. The molecule has 132 valence electrons. The molecule has 0 unspecified atom stereocenters. The Labute approximate surface area is 156 Å². The van der Waals surface area contributed by atoms with E-state index >= 15 is 0 Å². The van der Waals surface area contributed by atoms with Crippen molar-refractivity contribution in [1.29, 1.82) is 5.26 Å². The SMILES string of the molecule is COc1ccc2c(Nc3ccc4ncccc4c3)c(C#N)cnc2c1OC. The van der Waals surface area contributed by atoms with E-state index in [-0.39, 0.29) is 0 Å². The second-order valence-electron chi connectivity index (χ2n) is 5.89. The predicted octanol–water partition coefficient (Wildman–Crippen LogP) is 4.42. The molecule has 0 aliphatic rings. The Balaban J connectivity index is 1.89. The van der Waals surface area contributed by atoms with E-state index in [0.29, 0.717) is 28.3 Å². The van der Waals surface area contributed by atoms with Crippen molar-refractivity contribution in [3.8, 4) is 17.6 Å². The van der Waals surface area contributed by atoms with Gasteiger partial charge in [0.1, 0.15) is 11.6 Å². The van der Waals surface area contributed by atoms with Crippen molar-refractivity contribution < 1.29 is 9.47 Å². The number of pyridine rings is 2. The summed E-state index contributed by atoms with van der Waals surface area (Å²) in [6, 6.07) is 15.6. The second-order valence-corrected chi connectivity index (χ2v) is 5.89. The number of hydrogen-bond acceptors (Lipinski definition) is 6. The number of ether oxygens (including phenoxy) is 2. The van der Waals surface area contributed by atoms with Gasteiger partial charge in [-0.3, -0.25) is 9.97 Å². The number of methoxy groups -OCH3 is 2. The zero-order valence-electron chi connectivity index (χ0n) is 14.9. The minimum atomic E-state index is 0.445. The third-order valence-corrected chi connectivity index (χ3v) is 4.37. The number of benzene rings is 2. The van der Waals surface area contributed by atoms with Gasteiger partial charge < -0.3 is 14.8 Å². The monoisotopic (exact) mass is 356 g/mol. The first-order valence-corrected chi connectivity index (χ1v) is 8.30. The highest BCUT2D eigenvalue weighted by atomic mass is 16.5. The van der Waals surface area contributed by atoms with Gasteiger partial charge in [-0.15, -0.1) is 0 Å². The van der Waals surface area contributed by atoms with Gasteiger partial charge in [-0.05, 0) is 36.4 Å². The first-order chi connectivity index (χ1) is 13.2. The molecule has 0 saturated heterocycles. The Hall–Kier alpha value is -3.85. The zero-order chi connectivity index (χ0) is 18.8. The molecule has 0 aliphatic carbocycles. The van der Waals surface area contributed by atoms with E-state index in [0.717, 1.165) is 22.0 Å². The molecule has 0 spiro atoms. The summed E-state index contributed by atoms with van der Waals surface area (Å²) in [4.78, 5) is 8.74. The van der Waals surface area contributed by atoms with Crippen LogP contribution in [0.5, 0.6) is 11.5 Å². The van der Waals surface area contributed by atoms with E-state index in [2.05, 4.69) is 21.4 Å². The van der Waals surface area contributed by atoms with Crippen molar-refractivity contribution in [2.45, 2.75) is 0 Å². The number of nitrogens with zero attached hydrogens (tertiary/aromatic N) is 3. The number of rotatable bonds is 4. The number of nitrogens with one attached hydrogen (secondary N) is 1. The van der Waals surface area contributed by atoms with Crippen LogP contribution in [0.2, 0.25) is 0 Å². The Morgan fingerprint density at radius 2 is 1.93 bits per heavy atom. The van der Waals surface area contributed by atoms with Crippen LogP contribution < -0.4 is 14.8 Å². The van der Waals surface area contributed by atoms with Gasteiger partial charge in [-0.2, -0.15) is 5.26 Å². The summed E-state index contributed by atoms with van der Waals surface area (Å²) in [5, 5.41) is 14.7. The Morgan fingerprint density at radius 1 is 1.04 bits per heavy atom. The maximum absolute atomic E-state index is 9.56. The summed E-state index contributed by atoms with van der Waals surface area (Å²) in [6.07, 6.45) is 3.30. The van der Waals surface area contributed by atoms with Gasteiger partial charge in [0.2, 0.25) is 0 Å². The van der Waals surface area contributed by atoms with Crippen molar-refractivity contribution in [1.82, 2.24) is 9.97 Å². The fourth-order valence-electron chi connectivity index (χ4n) is 3.10. The lowest BCUT2D eigenvalue weighted by Gasteiger charge is -2.15. The molecule has 0 atom stereocenters.